The summed E-state index contributed by atoms with van der Waals surface area (Å²) in [5, 5.41) is 2.37. The first-order valence-corrected chi connectivity index (χ1v) is 11.9. The highest BCUT2D eigenvalue weighted by Crippen LogP contribution is 2.42. The van der Waals surface area contributed by atoms with Crippen LogP contribution in [0.25, 0.3) is 0 Å². The SMILES string of the molecule is Cc1ccc(C)c(CN2C(=O)C(C(C)C(=O)NCc3ccc(F)cc3)Sc3ccccc32)c1. The number of amides is 2. The van der Waals surface area contributed by atoms with Crippen LogP contribution in [-0.4, -0.2) is 17.1 Å². The molecule has 4 nitrogen and oxygen atoms in total. The summed E-state index contributed by atoms with van der Waals surface area (Å²) in [6.45, 7) is 6.63. The highest BCUT2D eigenvalue weighted by atomic mass is 32.2. The first-order chi connectivity index (χ1) is 15.8. The Morgan fingerprint density at radius 3 is 2.58 bits per heavy atom. The lowest BCUT2D eigenvalue weighted by Gasteiger charge is -2.36. The fraction of sp³-hybridized carbons (Fsp3) is 0.259. The highest BCUT2D eigenvalue weighted by Gasteiger charge is 2.39. The Hall–Kier alpha value is -3.12. The zero-order valence-electron chi connectivity index (χ0n) is 19.0. The van der Waals surface area contributed by atoms with Crippen molar-refractivity contribution in [2.24, 2.45) is 5.92 Å². The maximum Gasteiger partial charge on any atom is 0.241 e. The summed E-state index contributed by atoms with van der Waals surface area (Å²) in [6, 6.07) is 20.1. The van der Waals surface area contributed by atoms with E-state index in [4.69, 9.17) is 0 Å². The Balaban J connectivity index is 1.55. The Morgan fingerprint density at radius 2 is 1.82 bits per heavy atom. The van der Waals surface area contributed by atoms with Gasteiger partial charge in [0.15, 0.2) is 0 Å². The number of hydrogen-bond acceptors (Lipinski definition) is 3. The van der Waals surface area contributed by atoms with Gasteiger partial charge >= 0.3 is 0 Å². The number of carbonyl (C=O) groups is 2. The van der Waals surface area contributed by atoms with Gasteiger partial charge in [0.2, 0.25) is 11.8 Å². The molecule has 6 heteroatoms. The van der Waals surface area contributed by atoms with Crippen molar-refractivity contribution in [3.63, 3.8) is 0 Å². The predicted octanol–water partition coefficient (Wildman–Crippen LogP) is 5.40. The summed E-state index contributed by atoms with van der Waals surface area (Å²) >= 11 is 1.45. The third kappa shape index (κ3) is 5.11. The van der Waals surface area contributed by atoms with Crippen LogP contribution < -0.4 is 10.2 Å². The number of para-hydroxylation sites is 1. The van der Waals surface area contributed by atoms with Crippen LogP contribution in [0.5, 0.6) is 0 Å². The van der Waals surface area contributed by atoms with Gasteiger partial charge < -0.3 is 10.2 Å². The van der Waals surface area contributed by atoms with Crippen molar-refractivity contribution in [3.8, 4) is 0 Å². The number of fused-ring (bicyclic) bond motifs is 1. The summed E-state index contributed by atoms with van der Waals surface area (Å²) in [5.41, 5.74) is 5.06. The molecule has 0 saturated heterocycles. The van der Waals surface area contributed by atoms with E-state index in [1.807, 2.05) is 43.0 Å². The number of rotatable bonds is 6. The minimum absolute atomic E-state index is 0.0657. The third-order valence-electron chi connectivity index (χ3n) is 6.00. The number of nitrogens with zero attached hydrogens (tertiary/aromatic N) is 1. The lowest BCUT2D eigenvalue weighted by molar-refractivity contribution is -0.128. The van der Waals surface area contributed by atoms with Crippen LogP contribution in [-0.2, 0) is 22.7 Å². The number of thioether (sulfide) groups is 1. The Bertz CT molecular complexity index is 1180. The lowest BCUT2D eigenvalue weighted by Crippen LogP contribution is -2.47. The van der Waals surface area contributed by atoms with Gasteiger partial charge in [-0.1, -0.05) is 55.0 Å². The maximum atomic E-state index is 13.6. The number of benzene rings is 3. The summed E-state index contributed by atoms with van der Waals surface area (Å²) in [4.78, 5) is 29.4. The lowest BCUT2D eigenvalue weighted by atomic mass is 10.0. The summed E-state index contributed by atoms with van der Waals surface area (Å²) in [5.74, 6) is -1.11. The van der Waals surface area contributed by atoms with Gasteiger partial charge in [0.1, 0.15) is 11.1 Å². The minimum Gasteiger partial charge on any atom is -0.352 e. The van der Waals surface area contributed by atoms with Crippen molar-refractivity contribution < 1.29 is 14.0 Å². The third-order valence-corrected chi connectivity index (χ3v) is 7.46. The first kappa shape index (κ1) is 23.1. The molecule has 1 aliphatic rings. The Morgan fingerprint density at radius 1 is 1.09 bits per heavy atom. The molecule has 0 radical (unpaired) electrons. The van der Waals surface area contributed by atoms with Crippen molar-refractivity contribution in [2.75, 3.05) is 4.90 Å². The molecule has 0 aromatic heterocycles. The number of nitrogens with one attached hydrogen (secondary N) is 1. The number of aryl methyl sites for hydroxylation is 2. The van der Waals surface area contributed by atoms with E-state index in [9.17, 15) is 14.0 Å². The molecule has 2 amide bonds. The standard InChI is InChI=1S/C27H27FN2O2S/c1-17-8-9-18(2)21(14-17)16-30-23-6-4-5-7-24(23)33-25(27(30)32)19(3)26(31)29-15-20-10-12-22(28)13-11-20/h4-14,19,25H,15-16H2,1-3H3,(H,29,31). The number of carbonyl (C=O) groups excluding carboxylic acids is 2. The predicted molar refractivity (Wildman–Crippen MR) is 131 cm³/mol. The van der Waals surface area contributed by atoms with Gasteiger partial charge in [-0.2, -0.15) is 0 Å². The molecule has 170 valence electrons. The molecule has 0 saturated carbocycles. The quantitative estimate of drug-likeness (QED) is 0.533. The molecule has 1 aliphatic heterocycles. The molecule has 2 unspecified atom stereocenters. The van der Waals surface area contributed by atoms with E-state index in [0.717, 1.165) is 32.8 Å². The molecule has 1 N–H and O–H groups in total. The van der Waals surface area contributed by atoms with Crippen LogP contribution in [0, 0.1) is 25.6 Å². The molecule has 0 fully saturated rings. The van der Waals surface area contributed by atoms with Gasteiger partial charge in [0, 0.05) is 11.4 Å². The van der Waals surface area contributed by atoms with Crippen LogP contribution in [0.2, 0.25) is 0 Å². The average molecular weight is 463 g/mol. The fourth-order valence-corrected chi connectivity index (χ4v) is 5.23. The van der Waals surface area contributed by atoms with E-state index < -0.39 is 11.2 Å². The molecule has 3 aromatic carbocycles. The molecular weight excluding hydrogens is 435 g/mol. The fourth-order valence-electron chi connectivity index (χ4n) is 3.95. The molecular formula is C27H27FN2O2S. The Labute approximate surface area is 198 Å². The van der Waals surface area contributed by atoms with E-state index in [0.29, 0.717) is 6.54 Å². The highest BCUT2D eigenvalue weighted by molar-refractivity contribution is 8.01. The Kier molecular flexibility index (Phi) is 6.84. The van der Waals surface area contributed by atoms with E-state index in [1.54, 1.807) is 19.1 Å². The molecule has 0 spiro atoms. The van der Waals surface area contributed by atoms with Crippen molar-refractivity contribution in [1.82, 2.24) is 5.32 Å². The van der Waals surface area contributed by atoms with Gasteiger partial charge in [-0.3, -0.25) is 9.59 Å². The number of anilines is 1. The average Bonchev–Trinajstić information content (AvgIpc) is 2.81. The van der Waals surface area contributed by atoms with Crippen LogP contribution in [0.4, 0.5) is 10.1 Å². The molecule has 2 atom stereocenters. The molecule has 3 aromatic rings. The summed E-state index contributed by atoms with van der Waals surface area (Å²) in [6.07, 6.45) is 0. The molecule has 4 rings (SSSR count). The minimum atomic E-state index is -0.530. The van der Waals surface area contributed by atoms with Gasteiger partial charge in [0.05, 0.1) is 18.2 Å². The molecule has 0 bridgehead atoms. The van der Waals surface area contributed by atoms with Crippen LogP contribution in [0.1, 0.15) is 29.2 Å². The zero-order chi connectivity index (χ0) is 23.5. The van der Waals surface area contributed by atoms with Gasteiger partial charge in [-0.05, 0) is 54.8 Å². The van der Waals surface area contributed by atoms with Crippen LogP contribution in [0.3, 0.4) is 0 Å². The van der Waals surface area contributed by atoms with Gasteiger partial charge in [-0.15, -0.1) is 11.8 Å². The summed E-state index contributed by atoms with van der Waals surface area (Å²) in [7, 11) is 0. The van der Waals surface area contributed by atoms with E-state index in [2.05, 4.69) is 23.5 Å². The second-order valence-electron chi connectivity index (χ2n) is 8.49. The second kappa shape index (κ2) is 9.79. The van der Waals surface area contributed by atoms with Crippen molar-refractivity contribution in [1.29, 1.82) is 0 Å². The van der Waals surface area contributed by atoms with Crippen molar-refractivity contribution in [2.45, 2.75) is 44.0 Å². The smallest absolute Gasteiger partial charge is 0.241 e. The van der Waals surface area contributed by atoms with Crippen LogP contribution >= 0.6 is 11.8 Å². The zero-order valence-corrected chi connectivity index (χ0v) is 19.8. The topological polar surface area (TPSA) is 49.4 Å². The van der Waals surface area contributed by atoms with Gasteiger partial charge in [0.25, 0.3) is 0 Å². The largest absolute Gasteiger partial charge is 0.352 e. The van der Waals surface area contributed by atoms with E-state index in [-0.39, 0.29) is 24.2 Å². The van der Waals surface area contributed by atoms with E-state index in [1.165, 1.54) is 23.9 Å². The number of halogens is 1. The second-order valence-corrected chi connectivity index (χ2v) is 9.68. The van der Waals surface area contributed by atoms with Crippen LogP contribution in [0.15, 0.2) is 71.6 Å². The van der Waals surface area contributed by atoms with Gasteiger partial charge in [-0.25, -0.2) is 4.39 Å². The number of hydrogen-bond donors (Lipinski definition) is 1. The molecule has 1 heterocycles. The maximum absolute atomic E-state index is 13.6. The normalized spacial score (nSPS) is 16.3. The van der Waals surface area contributed by atoms with Crippen molar-refractivity contribution in [3.05, 3.63) is 94.8 Å². The van der Waals surface area contributed by atoms with Crippen molar-refractivity contribution >= 4 is 29.3 Å². The summed E-state index contributed by atoms with van der Waals surface area (Å²) < 4.78 is 13.1. The first-order valence-electron chi connectivity index (χ1n) is 11.0. The van der Waals surface area contributed by atoms with E-state index >= 15 is 0 Å². The monoisotopic (exact) mass is 462 g/mol. The molecule has 33 heavy (non-hydrogen) atoms. The molecule has 0 aliphatic carbocycles.